The number of rotatable bonds is 10. The Hall–Kier alpha value is -3.34. The minimum Gasteiger partial charge on any atom is -0.493 e. The summed E-state index contributed by atoms with van der Waals surface area (Å²) >= 11 is 6.04. The molecule has 3 aromatic rings. The van der Waals surface area contributed by atoms with Gasteiger partial charge in [-0.3, -0.25) is 9.55 Å². The third-order valence-corrected chi connectivity index (χ3v) is 6.19. The van der Waals surface area contributed by atoms with Crippen molar-refractivity contribution in [3.8, 4) is 11.5 Å². The summed E-state index contributed by atoms with van der Waals surface area (Å²) in [5.41, 5.74) is 0.302. The van der Waals surface area contributed by atoms with Crippen molar-refractivity contribution in [1.29, 1.82) is 0 Å². The van der Waals surface area contributed by atoms with Gasteiger partial charge in [-0.1, -0.05) is 23.7 Å². The van der Waals surface area contributed by atoms with Crippen LogP contribution < -0.4 is 26.5 Å². The second kappa shape index (κ2) is 12.9. The number of hydrogen-bond acceptors (Lipinski definition) is 7. The first-order valence-electron chi connectivity index (χ1n) is 12.6. The van der Waals surface area contributed by atoms with Crippen molar-refractivity contribution >= 4 is 17.3 Å². The number of halogens is 1. The summed E-state index contributed by atoms with van der Waals surface area (Å²) in [6, 6.07) is 12.3. The lowest BCUT2D eigenvalue weighted by molar-refractivity contribution is -0.163. The molecular weight excluding hydrogens is 512 g/mol. The molecule has 204 valence electrons. The molecule has 0 amide bonds. The van der Waals surface area contributed by atoms with Gasteiger partial charge in [0.25, 0.3) is 0 Å². The Balaban J connectivity index is 1.71. The highest BCUT2D eigenvalue weighted by atomic mass is 35.5. The second-order valence-electron chi connectivity index (χ2n) is 9.18. The van der Waals surface area contributed by atoms with E-state index in [4.69, 9.17) is 30.5 Å². The van der Waals surface area contributed by atoms with Crippen LogP contribution in [0.1, 0.15) is 38.7 Å². The topological polar surface area (TPSA) is 109 Å². The number of nitrogens with one attached hydrogen (secondary N) is 1. The van der Waals surface area contributed by atoms with Crippen LogP contribution in [-0.2, 0) is 22.6 Å². The first-order valence-corrected chi connectivity index (χ1v) is 13.0. The van der Waals surface area contributed by atoms with E-state index in [0.717, 1.165) is 29.4 Å². The van der Waals surface area contributed by atoms with Crippen LogP contribution in [0.5, 0.6) is 11.5 Å². The molecule has 1 aromatic heterocycles. The molecule has 1 fully saturated rings. The average molecular weight is 545 g/mol. The number of aromatic amines is 1. The molecule has 0 bridgehead atoms. The van der Waals surface area contributed by atoms with Crippen LogP contribution in [0.3, 0.4) is 0 Å². The first-order chi connectivity index (χ1) is 18.3. The highest BCUT2D eigenvalue weighted by Gasteiger charge is 2.16. The van der Waals surface area contributed by atoms with E-state index in [1.54, 1.807) is 30.3 Å². The summed E-state index contributed by atoms with van der Waals surface area (Å²) < 4.78 is 25.1. The van der Waals surface area contributed by atoms with Gasteiger partial charge in [0, 0.05) is 17.7 Å². The van der Waals surface area contributed by atoms with Gasteiger partial charge in [0.2, 0.25) is 5.62 Å². The fourth-order valence-electron chi connectivity index (χ4n) is 4.07. The van der Waals surface area contributed by atoms with Crippen molar-refractivity contribution in [3.05, 3.63) is 79.6 Å². The molecule has 1 atom stereocenters. The Morgan fingerprint density at radius 2 is 1.89 bits per heavy atom. The molecule has 1 aliphatic heterocycles. The first kappa shape index (κ1) is 27.7. The Bertz CT molecular complexity index is 1400. The average Bonchev–Trinajstić information content (AvgIpc) is 2.90. The maximum Gasteiger partial charge on any atom is 0.335 e. The van der Waals surface area contributed by atoms with Crippen molar-refractivity contribution in [1.82, 2.24) is 14.1 Å². The lowest BCUT2D eigenvalue weighted by Gasteiger charge is -2.22. The van der Waals surface area contributed by atoms with E-state index in [9.17, 15) is 9.59 Å². The molecule has 0 spiro atoms. The fraction of sp³-hybridized carbons (Fsp3) is 0.444. The Labute approximate surface area is 225 Å². The maximum atomic E-state index is 13.5. The molecular formula is C27H33ClN4O6. The van der Waals surface area contributed by atoms with Crippen LogP contribution in [0.4, 0.5) is 5.69 Å². The molecule has 1 aliphatic rings. The molecule has 11 heteroatoms. The van der Waals surface area contributed by atoms with Crippen molar-refractivity contribution < 1.29 is 18.9 Å². The smallest absolute Gasteiger partial charge is 0.335 e. The van der Waals surface area contributed by atoms with Gasteiger partial charge in [0.1, 0.15) is 0 Å². The summed E-state index contributed by atoms with van der Waals surface area (Å²) in [5, 5.41) is 0.584. The second-order valence-corrected chi connectivity index (χ2v) is 9.62. The van der Waals surface area contributed by atoms with E-state index in [1.165, 1.54) is 11.7 Å². The summed E-state index contributed by atoms with van der Waals surface area (Å²) in [6.07, 6.45) is 2.48. The van der Waals surface area contributed by atoms with Crippen LogP contribution in [-0.4, -0.2) is 46.8 Å². The molecule has 1 saturated heterocycles. The molecule has 0 radical (unpaired) electrons. The number of methoxy groups -OCH3 is 1. The minimum absolute atomic E-state index is 0.0363. The predicted octanol–water partition coefficient (Wildman–Crippen LogP) is 3.61. The van der Waals surface area contributed by atoms with E-state index in [2.05, 4.69) is 9.98 Å². The van der Waals surface area contributed by atoms with Gasteiger partial charge in [-0.25, -0.2) is 19.1 Å². The van der Waals surface area contributed by atoms with Gasteiger partial charge in [0.15, 0.2) is 17.8 Å². The number of aromatic nitrogens is 3. The summed E-state index contributed by atoms with van der Waals surface area (Å²) in [6.45, 7) is 4.90. The molecule has 2 heterocycles. The van der Waals surface area contributed by atoms with E-state index >= 15 is 0 Å². The SMILES string of the molecule is COc1cc(/N=c2\[nH]c(=O)n(CCOC3CCCCO3)c(=O)n2Cc2ccc(Cl)cc2)ccc1OC(C)C. The highest BCUT2D eigenvalue weighted by molar-refractivity contribution is 6.30. The molecule has 1 N–H and O–H groups in total. The van der Waals surface area contributed by atoms with Crippen molar-refractivity contribution in [2.75, 3.05) is 20.3 Å². The van der Waals surface area contributed by atoms with Gasteiger partial charge in [-0.15, -0.1) is 0 Å². The van der Waals surface area contributed by atoms with Gasteiger partial charge in [0.05, 0.1) is 38.6 Å². The predicted molar refractivity (Wildman–Crippen MR) is 143 cm³/mol. The van der Waals surface area contributed by atoms with Crippen molar-refractivity contribution in [2.24, 2.45) is 4.99 Å². The molecule has 0 saturated carbocycles. The quantitative estimate of drug-likeness (QED) is 0.417. The van der Waals surface area contributed by atoms with Crippen molar-refractivity contribution in [3.63, 3.8) is 0 Å². The number of hydrogen-bond donors (Lipinski definition) is 1. The highest BCUT2D eigenvalue weighted by Crippen LogP contribution is 2.31. The van der Waals surface area contributed by atoms with E-state index < -0.39 is 11.4 Å². The van der Waals surface area contributed by atoms with Gasteiger partial charge in [-0.05, 0) is 62.9 Å². The van der Waals surface area contributed by atoms with Crippen LogP contribution >= 0.6 is 11.6 Å². The molecule has 1 unspecified atom stereocenters. The third kappa shape index (κ3) is 7.15. The standard InChI is InChI=1S/C27H33ClN4O6/c1-18(2)38-22-12-11-21(16-23(22)35-3)29-25-30-26(33)31(13-15-37-24-6-4-5-14-36-24)27(34)32(25)17-19-7-9-20(28)10-8-19/h7-12,16,18,24H,4-6,13-15,17H2,1-3H3,(H,29,30,33). The molecule has 0 aliphatic carbocycles. The van der Waals surface area contributed by atoms with E-state index in [1.807, 2.05) is 26.0 Å². The third-order valence-electron chi connectivity index (χ3n) is 5.94. The zero-order valence-electron chi connectivity index (χ0n) is 21.8. The maximum absolute atomic E-state index is 13.5. The van der Waals surface area contributed by atoms with Gasteiger partial charge >= 0.3 is 11.4 Å². The van der Waals surface area contributed by atoms with Crippen LogP contribution in [0.25, 0.3) is 0 Å². The number of nitrogens with zero attached hydrogens (tertiary/aromatic N) is 3. The summed E-state index contributed by atoms with van der Waals surface area (Å²) in [7, 11) is 1.54. The summed E-state index contributed by atoms with van der Waals surface area (Å²) in [5.74, 6) is 1.06. The zero-order valence-corrected chi connectivity index (χ0v) is 22.6. The fourth-order valence-corrected chi connectivity index (χ4v) is 4.20. The lowest BCUT2D eigenvalue weighted by Crippen LogP contribution is -2.50. The number of benzene rings is 2. The number of ether oxygens (including phenoxy) is 4. The normalized spacial score (nSPS) is 16.1. The summed E-state index contributed by atoms with van der Waals surface area (Å²) in [4.78, 5) is 33.8. The van der Waals surface area contributed by atoms with Crippen molar-refractivity contribution in [2.45, 2.75) is 58.6 Å². The molecule has 10 nitrogen and oxygen atoms in total. The minimum atomic E-state index is -0.582. The lowest BCUT2D eigenvalue weighted by atomic mass is 10.2. The number of H-pyrrole nitrogens is 1. The largest absolute Gasteiger partial charge is 0.493 e. The van der Waals surface area contributed by atoms with Gasteiger partial charge in [-0.2, -0.15) is 0 Å². The Morgan fingerprint density at radius 1 is 1.11 bits per heavy atom. The monoisotopic (exact) mass is 544 g/mol. The zero-order chi connectivity index (χ0) is 27.1. The molecule has 4 rings (SSSR count). The Morgan fingerprint density at radius 3 is 2.58 bits per heavy atom. The molecule has 38 heavy (non-hydrogen) atoms. The molecule has 2 aromatic carbocycles. The van der Waals surface area contributed by atoms with E-state index in [-0.39, 0.29) is 37.7 Å². The van der Waals surface area contributed by atoms with Crippen LogP contribution in [0.15, 0.2) is 57.0 Å². The van der Waals surface area contributed by atoms with E-state index in [0.29, 0.717) is 28.8 Å². The Kier molecular flexibility index (Phi) is 9.43. The van der Waals surface area contributed by atoms with Crippen LogP contribution in [0, 0.1) is 0 Å². The van der Waals surface area contributed by atoms with Crippen LogP contribution in [0.2, 0.25) is 5.02 Å². The van der Waals surface area contributed by atoms with Gasteiger partial charge < -0.3 is 18.9 Å².